The lowest BCUT2D eigenvalue weighted by atomic mass is 10.1. The summed E-state index contributed by atoms with van der Waals surface area (Å²) >= 11 is 12.7. The molecule has 0 radical (unpaired) electrons. The number of para-hydroxylation sites is 1. The van der Waals surface area contributed by atoms with Crippen molar-refractivity contribution >= 4 is 57.9 Å². The van der Waals surface area contributed by atoms with Crippen molar-refractivity contribution in [1.82, 2.24) is 15.3 Å². The monoisotopic (exact) mass is 541 g/mol. The Kier molecular flexibility index (Phi) is 7.39. The summed E-state index contributed by atoms with van der Waals surface area (Å²) < 4.78 is 5.49. The lowest BCUT2D eigenvalue weighted by Crippen LogP contribution is -2.49. The van der Waals surface area contributed by atoms with Crippen LogP contribution in [0.1, 0.15) is 22.8 Å². The number of piperazine rings is 1. The average molecular weight is 542 g/mol. The molecule has 1 unspecified atom stereocenters. The number of rotatable bonds is 6. The molecule has 1 atom stereocenters. The van der Waals surface area contributed by atoms with Crippen molar-refractivity contribution in [1.29, 1.82) is 0 Å². The number of benzene rings is 2. The highest BCUT2D eigenvalue weighted by atomic mass is 35.5. The molecule has 1 amide bonds. The highest BCUT2D eigenvalue weighted by Gasteiger charge is 2.32. The number of carbonyl (C=O) groups is 1. The van der Waals surface area contributed by atoms with Crippen molar-refractivity contribution in [3.05, 3.63) is 63.8 Å². The van der Waals surface area contributed by atoms with Gasteiger partial charge in [0.25, 0.3) is 5.91 Å². The summed E-state index contributed by atoms with van der Waals surface area (Å²) in [6, 6.07) is 11.8. The Labute approximate surface area is 226 Å². The summed E-state index contributed by atoms with van der Waals surface area (Å²) in [6.45, 7) is 5.76. The van der Waals surface area contributed by atoms with Crippen LogP contribution in [0.4, 0.5) is 28.8 Å². The zero-order chi connectivity index (χ0) is 26.1. The minimum Gasteiger partial charge on any atom is -0.380 e. The average Bonchev–Trinajstić information content (AvgIpc) is 2.87. The van der Waals surface area contributed by atoms with E-state index < -0.39 is 0 Å². The molecule has 1 aromatic heterocycles. The van der Waals surface area contributed by atoms with Gasteiger partial charge in [0.1, 0.15) is 11.4 Å². The maximum atomic E-state index is 13.3. The van der Waals surface area contributed by atoms with Crippen molar-refractivity contribution in [2.24, 2.45) is 0 Å². The molecule has 37 heavy (non-hydrogen) atoms. The third kappa shape index (κ3) is 5.17. The van der Waals surface area contributed by atoms with Gasteiger partial charge in [-0.25, -0.2) is 4.98 Å². The first-order valence-electron chi connectivity index (χ1n) is 12.1. The van der Waals surface area contributed by atoms with E-state index in [9.17, 15) is 4.79 Å². The Hall–Kier alpha value is -3.11. The Morgan fingerprint density at radius 1 is 1.22 bits per heavy atom. The van der Waals surface area contributed by atoms with E-state index in [0.717, 1.165) is 36.6 Å². The number of nitrogens with one attached hydrogen (secondary N) is 2. The maximum Gasteiger partial charge on any atom is 0.265 e. The highest BCUT2D eigenvalue weighted by molar-refractivity contribution is 6.40. The van der Waals surface area contributed by atoms with Crippen molar-refractivity contribution in [2.45, 2.75) is 19.6 Å². The predicted molar refractivity (Wildman–Crippen MR) is 149 cm³/mol. The van der Waals surface area contributed by atoms with E-state index in [-0.39, 0.29) is 12.6 Å². The quantitative estimate of drug-likeness (QED) is 0.470. The second kappa shape index (κ2) is 10.7. The second-order valence-corrected chi connectivity index (χ2v) is 10.1. The molecule has 0 spiro atoms. The van der Waals surface area contributed by atoms with Gasteiger partial charge >= 0.3 is 0 Å². The SMILES string of the molecule is COCc1cc(Nc2ncc3c(n2)N(C)CN(c2c(Cl)cccc2Cl)C3=O)ccc1N1CCNC(C)C1. The number of anilines is 5. The molecule has 11 heteroatoms. The van der Waals surface area contributed by atoms with Crippen LogP contribution < -0.4 is 25.3 Å². The topological polar surface area (TPSA) is 85.9 Å². The number of nitrogens with zero attached hydrogens (tertiary/aromatic N) is 5. The predicted octanol–water partition coefficient (Wildman–Crippen LogP) is 4.53. The third-order valence-electron chi connectivity index (χ3n) is 6.51. The third-order valence-corrected chi connectivity index (χ3v) is 7.12. The lowest BCUT2D eigenvalue weighted by Gasteiger charge is -2.35. The molecule has 3 aromatic rings. The lowest BCUT2D eigenvalue weighted by molar-refractivity contribution is 0.0982. The van der Waals surface area contributed by atoms with Crippen LogP contribution in [0.5, 0.6) is 0 Å². The Bertz CT molecular complexity index is 1300. The molecule has 1 saturated heterocycles. The van der Waals surface area contributed by atoms with Crippen molar-refractivity contribution in [2.75, 3.05) is 60.5 Å². The number of methoxy groups -OCH3 is 1. The van der Waals surface area contributed by atoms with Gasteiger partial charge in [0.2, 0.25) is 5.95 Å². The Morgan fingerprint density at radius 2 is 2.00 bits per heavy atom. The Balaban J connectivity index is 1.40. The van der Waals surface area contributed by atoms with E-state index in [1.165, 1.54) is 11.1 Å². The van der Waals surface area contributed by atoms with Crippen LogP contribution in [0, 0.1) is 0 Å². The van der Waals surface area contributed by atoms with Gasteiger partial charge in [-0.3, -0.25) is 9.69 Å². The van der Waals surface area contributed by atoms with Crippen LogP contribution >= 0.6 is 23.2 Å². The molecule has 0 saturated carbocycles. The van der Waals surface area contributed by atoms with Crippen LogP contribution in [-0.4, -0.2) is 62.4 Å². The van der Waals surface area contributed by atoms with Gasteiger partial charge in [-0.05, 0) is 37.3 Å². The Morgan fingerprint density at radius 3 is 2.73 bits per heavy atom. The van der Waals surface area contributed by atoms with Gasteiger partial charge in [-0.2, -0.15) is 4.98 Å². The second-order valence-electron chi connectivity index (χ2n) is 9.28. The van der Waals surface area contributed by atoms with E-state index >= 15 is 0 Å². The van der Waals surface area contributed by atoms with Gasteiger partial charge in [0.15, 0.2) is 0 Å². The molecular formula is C26H29Cl2N7O2. The largest absolute Gasteiger partial charge is 0.380 e. The van der Waals surface area contributed by atoms with Crippen LogP contribution in [0.25, 0.3) is 0 Å². The number of aromatic nitrogens is 2. The number of hydrogen-bond acceptors (Lipinski definition) is 8. The number of carbonyl (C=O) groups excluding carboxylic acids is 1. The number of amides is 1. The molecule has 9 nitrogen and oxygen atoms in total. The zero-order valence-electron chi connectivity index (χ0n) is 21.0. The molecule has 2 aliphatic heterocycles. The fraction of sp³-hybridized carbons (Fsp3) is 0.346. The number of halogens is 2. The smallest absolute Gasteiger partial charge is 0.265 e. The van der Waals surface area contributed by atoms with E-state index in [4.69, 9.17) is 27.9 Å². The van der Waals surface area contributed by atoms with Crippen LogP contribution in [0.3, 0.4) is 0 Å². The molecule has 2 aliphatic rings. The summed E-state index contributed by atoms with van der Waals surface area (Å²) in [5.41, 5.74) is 3.93. The molecule has 0 aliphatic carbocycles. The zero-order valence-corrected chi connectivity index (χ0v) is 22.5. The molecule has 3 heterocycles. The minimum atomic E-state index is -0.258. The molecule has 2 N–H and O–H groups in total. The van der Waals surface area contributed by atoms with E-state index in [1.54, 1.807) is 25.3 Å². The summed E-state index contributed by atoms with van der Waals surface area (Å²) in [5, 5.41) is 7.58. The van der Waals surface area contributed by atoms with Gasteiger partial charge < -0.3 is 25.2 Å². The van der Waals surface area contributed by atoms with Gasteiger partial charge in [0.05, 0.1) is 29.0 Å². The van der Waals surface area contributed by atoms with Gasteiger partial charge in [-0.15, -0.1) is 0 Å². The van der Waals surface area contributed by atoms with Crippen LogP contribution in [-0.2, 0) is 11.3 Å². The maximum absolute atomic E-state index is 13.3. The summed E-state index contributed by atoms with van der Waals surface area (Å²) in [7, 11) is 3.56. The fourth-order valence-corrected chi connectivity index (χ4v) is 5.41. The normalized spacial score (nSPS) is 17.7. The summed E-state index contributed by atoms with van der Waals surface area (Å²) in [4.78, 5) is 28.2. The number of hydrogen-bond donors (Lipinski definition) is 2. The van der Waals surface area contributed by atoms with E-state index in [1.807, 2.05) is 18.0 Å². The first-order chi connectivity index (χ1) is 17.9. The summed E-state index contributed by atoms with van der Waals surface area (Å²) in [5.74, 6) is 0.673. The standard InChI is InChI=1S/C26H29Cl2N7O2/c1-16-13-34(10-9-29-16)22-8-7-18(11-17(22)14-37-3)31-26-30-12-19-24(32-26)33(2)15-35(25(19)36)23-20(27)5-4-6-21(23)28/h4-8,11-12,16,29H,9-10,13-15H2,1-3H3,(H,30,31,32). The molecule has 2 aromatic carbocycles. The van der Waals surface area contributed by atoms with Crippen molar-refractivity contribution in [3.63, 3.8) is 0 Å². The van der Waals surface area contributed by atoms with Crippen molar-refractivity contribution < 1.29 is 9.53 Å². The van der Waals surface area contributed by atoms with Gasteiger partial charge in [-0.1, -0.05) is 29.3 Å². The van der Waals surface area contributed by atoms with E-state index in [2.05, 4.69) is 44.6 Å². The summed E-state index contributed by atoms with van der Waals surface area (Å²) in [6.07, 6.45) is 1.53. The fourth-order valence-electron chi connectivity index (χ4n) is 4.81. The van der Waals surface area contributed by atoms with Crippen molar-refractivity contribution in [3.8, 4) is 0 Å². The molecular weight excluding hydrogens is 513 g/mol. The number of ether oxygens (including phenoxy) is 1. The number of fused-ring (bicyclic) bond motifs is 1. The molecule has 0 bridgehead atoms. The van der Waals surface area contributed by atoms with Gasteiger partial charge in [0, 0.05) is 63.0 Å². The van der Waals surface area contributed by atoms with Crippen LogP contribution in [0.15, 0.2) is 42.6 Å². The first kappa shape index (κ1) is 25.5. The molecule has 194 valence electrons. The highest BCUT2D eigenvalue weighted by Crippen LogP contribution is 2.37. The minimum absolute atomic E-state index is 0.252. The first-order valence-corrected chi connectivity index (χ1v) is 12.8. The molecule has 5 rings (SSSR count). The molecule has 1 fully saturated rings. The van der Waals surface area contributed by atoms with E-state index in [0.29, 0.717) is 45.7 Å². The van der Waals surface area contributed by atoms with Crippen LogP contribution in [0.2, 0.25) is 10.0 Å².